The van der Waals surface area contributed by atoms with Crippen LogP contribution >= 0.6 is 0 Å². The van der Waals surface area contributed by atoms with E-state index >= 15 is 0 Å². The Morgan fingerprint density at radius 3 is 1.79 bits per heavy atom. The summed E-state index contributed by atoms with van der Waals surface area (Å²) in [6.07, 6.45) is 16.5. The maximum absolute atomic E-state index is 2.51. The van der Waals surface area contributed by atoms with E-state index in [1.165, 1.54) is 12.8 Å². The van der Waals surface area contributed by atoms with Crippen LogP contribution in [-0.4, -0.2) is 5.43 Å². The number of allylic oxidation sites excluding steroid dienone is 8. The van der Waals surface area contributed by atoms with Crippen molar-refractivity contribution in [3.8, 4) is 0 Å². The van der Waals surface area contributed by atoms with Gasteiger partial charge in [-0.25, -0.2) is 0 Å². The van der Waals surface area contributed by atoms with Gasteiger partial charge in [0.25, 0.3) is 0 Å². The van der Waals surface area contributed by atoms with Crippen molar-refractivity contribution in [3.05, 3.63) is 43.0 Å². The fraction of sp³-hybridized carbons (Fsp3) is 0.333. The zero-order valence-corrected chi connectivity index (χ0v) is 12.3. The molecule has 0 heterocycles. The summed E-state index contributed by atoms with van der Waals surface area (Å²) in [4.78, 5) is 0. The van der Waals surface area contributed by atoms with Gasteiger partial charge in [0.05, 0.1) is 0 Å². The van der Waals surface area contributed by atoms with Crippen molar-refractivity contribution in [1.82, 2.24) is 0 Å². The predicted octanol–water partition coefficient (Wildman–Crippen LogP) is 3.54. The van der Waals surface area contributed by atoms with E-state index in [0.29, 0.717) is 0 Å². The van der Waals surface area contributed by atoms with Gasteiger partial charge in [-0.05, 0) is 0 Å². The molecular formula is C12H16SiZr. The van der Waals surface area contributed by atoms with Crippen molar-refractivity contribution in [1.29, 1.82) is 0 Å². The molecule has 2 rings (SSSR count). The van der Waals surface area contributed by atoms with Crippen LogP contribution in [0.15, 0.2) is 43.0 Å². The molecule has 0 amide bonds. The van der Waals surface area contributed by atoms with Gasteiger partial charge in [0.15, 0.2) is 0 Å². The van der Waals surface area contributed by atoms with Crippen molar-refractivity contribution in [3.63, 3.8) is 0 Å². The normalized spacial score (nSPS) is 18.4. The Bertz CT molecular complexity index is 359. The molecule has 0 aromatic heterocycles. The van der Waals surface area contributed by atoms with Gasteiger partial charge in [0.1, 0.15) is 0 Å². The molecule has 0 radical (unpaired) electrons. The minimum absolute atomic E-state index is 0.0588. The molecule has 0 N–H and O–H groups in total. The van der Waals surface area contributed by atoms with Gasteiger partial charge in [0, 0.05) is 0 Å². The summed E-state index contributed by atoms with van der Waals surface area (Å²) >= 11 is -1.33. The Kier molecular flexibility index (Phi) is 3.57. The second kappa shape index (κ2) is 4.72. The third kappa shape index (κ3) is 2.17. The van der Waals surface area contributed by atoms with Crippen molar-refractivity contribution >= 4 is 5.43 Å². The molecule has 2 heteroatoms. The molecule has 0 fully saturated rings. The van der Waals surface area contributed by atoms with Gasteiger partial charge in [-0.15, -0.1) is 0 Å². The molecule has 0 aromatic rings. The fourth-order valence-electron chi connectivity index (χ4n) is 2.11. The van der Waals surface area contributed by atoms with Crippen molar-refractivity contribution in [2.24, 2.45) is 0 Å². The quantitative estimate of drug-likeness (QED) is 0.678. The van der Waals surface area contributed by atoms with E-state index in [4.69, 9.17) is 0 Å². The molecule has 0 atom stereocenters. The SMILES string of the molecule is C[Si](C)=[Zr]([C]1=CC=CC1)[C]1=CC=CC1. The minimum atomic E-state index is -1.33. The summed E-state index contributed by atoms with van der Waals surface area (Å²) in [7, 11) is 0. The first kappa shape index (κ1) is 10.6. The van der Waals surface area contributed by atoms with Crippen molar-refractivity contribution in [2.45, 2.75) is 25.9 Å². The Morgan fingerprint density at radius 2 is 1.50 bits per heavy atom. The topological polar surface area (TPSA) is 0 Å². The number of rotatable bonds is 2. The fourth-order valence-corrected chi connectivity index (χ4v) is 19.0. The van der Waals surface area contributed by atoms with Gasteiger partial charge in [-0.3, -0.25) is 0 Å². The summed E-state index contributed by atoms with van der Waals surface area (Å²) in [6.45, 7) is 5.02. The maximum atomic E-state index is 2.51. The summed E-state index contributed by atoms with van der Waals surface area (Å²) in [5, 5.41) is 0. The molecule has 0 aliphatic heterocycles. The van der Waals surface area contributed by atoms with E-state index in [2.05, 4.69) is 49.6 Å². The molecule has 0 spiro atoms. The van der Waals surface area contributed by atoms with E-state index < -0.39 is 20.4 Å². The van der Waals surface area contributed by atoms with Crippen LogP contribution < -0.4 is 0 Å². The number of hydrogen-bond donors (Lipinski definition) is 0. The van der Waals surface area contributed by atoms with Crippen LogP contribution in [0.3, 0.4) is 0 Å². The standard InChI is InChI=1S/2C5H5.C2H6Si.Zr/c2*1-2-4-5-3-1;1-3-2;/h2*1-3H,4H2;1-2H3;. The molecule has 14 heavy (non-hydrogen) atoms. The van der Waals surface area contributed by atoms with E-state index in [0.717, 1.165) is 0 Å². The summed E-state index contributed by atoms with van der Waals surface area (Å²) < 4.78 is 3.67. The molecule has 0 bridgehead atoms. The Labute approximate surface area is 94.3 Å². The Hall–Kier alpha value is 0.0600. The molecule has 0 saturated carbocycles. The van der Waals surface area contributed by atoms with E-state index in [1.54, 1.807) is 0 Å². The summed E-state index contributed by atoms with van der Waals surface area (Å²) in [6, 6.07) is 0. The monoisotopic (exact) mass is 278 g/mol. The van der Waals surface area contributed by atoms with Crippen LogP contribution in [-0.2, 0) is 20.4 Å². The van der Waals surface area contributed by atoms with Gasteiger partial charge in [-0.1, -0.05) is 0 Å². The third-order valence-electron chi connectivity index (χ3n) is 2.68. The Balaban J connectivity index is 2.31. The Morgan fingerprint density at radius 1 is 1.00 bits per heavy atom. The first-order valence-corrected chi connectivity index (χ1v) is 13.8. The summed E-state index contributed by atoms with van der Waals surface area (Å²) in [5.41, 5.74) is -0.0588. The average molecular weight is 280 g/mol. The molecule has 0 saturated heterocycles. The molecule has 0 unspecified atom stereocenters. The molecule has 0 nitrogen and oxygen atoms in total. The average Bonchev–Trinajstić information content (AvgIpc) is 2.75. The van der Waals surface area contributed by atoms with Crippen LogP contribution in [0.4, 0.5) is 0 Å². The van der Waals surface area contributed by atoms with E-state index in [1.807, 2.05) is 6.56 Å². The van der Waals surface area contributed by atoms with Gasteiger partial charge < -0.3 is 0 Å². The second-order valence-corrected chi connectivity index (χ2v) is 21.4. The second-order valence-electron chi connectivity index (χ2n) is 4.02. The van der Waals surface area contributed by atoms with Crippen LogP contribution in [0.2, 0.25) is 13.1 Å². The van der Waals surface area contributed by atoms with Gasteiger partial charge >= 0.3 is 94.8 Å². The van der Waals surface area contributed by atoms with Crippen LogP contribution in [0.25, 0.3) is 0 Å². The number of hydrogen-bond acceptors (Lipinski definition) is 0. The molecule has 0 aromatic carbocycles. The molecular weight excluding hydrogens is 263 g/mol. The zero-order valence-electron chi connectivity index (χ0n) is 8.88. The van der Waals surface area contributed by atoms with E-state index in [9.17, 15) is 0 Å². The first-order valence-electron chi connectivity index (χ1n) is 5.18. The van der Waals surface area contributed by atoms with E-state index in [-0.39, 0.29) is 5.43 Å². The first-order chi connectivity index (χ1) is 6.79. The molecule has 72 valence electrons. The van der Waals surface area contributed by atoms with Crippen LogP contribution in [0, 0.1) is 0 Å². The molecule has 2 aliphatic carbocycles. The van der Waals surface area contributed by atoms with Crippen molar-refractivity contribution < 1.29 is 20.4 Å². The third-order valence-corrected chi connectivity index (χ3v) is 19.8. The van der Waals surface area contributed by atoms with Gasteiger partial charge in [0.2, 0.25) is 0 Å². The molecule has 2 aliphatic rings. The van der Waals surface area contributed by atoms with Crippen LogP contribution in [0.1, 0.15) is 12.8 Å². The predicted molar refractivity (Wildman–Crippen MR) is 61.2 cm³/mol. The summed E-state index contributed by atoms with van der Waals surface area (Å²) in [5.74, 6) is 0. The van der Waals surface area contributed by atoms with Gasteiger partial charge in [-0.2, -0.15) is 0 Å². The zero-order chi connectivity index (χ0) is 9.97. The van der Waals surface area contributed by atoms with Crippen LogP contribution in [0.5, 0.6) is 0 Å². The van der Waals surface area contributed by atoms with Crippen molar-refractivity contribution in [2.75, 3.05) is 0 Å².